The van der Waals surface area contributed by atoms with Crippen LogP contribution in [0.4, 0.5) is 4.79 Å². The van der Waals surface area contributed by atoms with Gasteiger partial charge in [-0.1, -0.05) is 30.3 Å². The van der Waals surface area contributed by atoms with Crippen LogP contribution in [-0.2, 0) is 11.3 Å². The molecule has 0 unspecified atom stereocenters. The molecule has 0 spiro atoms. The van der Waals surface area contributed by atoms with Gasteiger partial charge in [0, 0.05) is 39.3 Å². The Bertz CT molecular complexity index is 424. The lowest BCUT2D eigenvalue weighted by atomic mass is 10.2. The Balaban J connectivity index is 1.78. The maximum absolute atomic E-state index is 12.0. The third-order valence-electron chi connectivity index (χ3n) is 3.73. The molecule has 1 heterocycles. The highest BCUT2D eigenvalue weighted by Gasteiger charge is 2.28. The van der Waals surface area contributed by atoms with Crippen LogP contribution in [0.5, 0.6) is 0 Å². The molecule has 1 fully saturated rings. The molecule has 2 rings (SSSR count). The van der Waals surface area contributed by atoms with Crippen LogP contribution in [0.3, 0.4) is 0 Å². The molecule has 1 aromatic carbocycles. The molecular formula is C15H23N3O2. The lowest BCUT2D eigenvalue weighted by molar-refractivity contribution is 0.0918. The van der Waals surface area contributed by atoms with Crippen LogP contribution in [-0.4, -0.2) is 55.2 Å². The molecule has 0 saturated carbocycles. The molecule has 5 heteroatoms. The van der Waals surface area contributed by atoms with E-state index in [0.717, 1.165) is 31.6 Å². The van der Waals surface area contributed by atoms with Crippen LogP contribution in [0.15, 0.2) is 30.3 Å². The van der Waals surface area contributed by atoms with Gasteiger partial charge in [0.2, 0.25) is 0 Å². The number of carbonyl (C=O) groups excluding carboxylic acids is 1. The van der Waals surface area contributed by atoms with Crippen LogP contribution >= 0.6 is 0 Å². The van der Waals surface area contributed by atoms with Crippen molar-refractivity contribution >= 4 is 6.09 Å². The zero-order valence-electron chi connectivity index (χ0n) is 12.0. The summed E-state index contributed by atoms with van der Waals surface area (Å²) >= 11 is 0. The average Bonchev–Trinajstić information content (AvgIpc) is 2.94. The number of ether oxygens (including phenoxy) is 1. The Morgan fingerprint density at radius 3 is 2.90 bits per heavy atom. The zero-order chi connectivity index (χ0) is 14.4. The van der Waals surface area contributed by atoms with Gasteiger partial charge in [-0.2, -0.15) is 0 Å². The molecule has 0 bridgehead atoms. The third-order valence-corrected chi connectivity index (χ3v) is 3.73. The van der Waals surface area contributed by atoms with Crippen molar-refractivity contribution in [1.29, 1.82) is 0 Å². The van der Waals surface area contributed by atoms with Crippen LogP contribution in [0, 0.1) is 0 Å². The first-order valence-electron chi connectivity index (χ1n) is 7.06. The van der Waals surface area contributed by atoms with Gasteiger partial charge in [0.1, 0.15) is 6.61 Å². The van der Waals surface area contributed by atoms with E-state index in [4.69, 9.17) is 10.5 Å². The number of rotatable bonds is 5. The molecule has 110 valence electrons. The van der Waals surface area contributed by atoms with E-state index in [-0.39, 0.29) is 12.1 Å². The smallest absolute Gasteiger partial charge is 0.410 e. The van der Waals surface area contributed by atoms with Crippen molar-refractivity contribution in [3.8, 4) is 0 Å². The molecule has 1 aromatic rings. The molecule has 1 aliphatic heterocycles. The van der Waals surface area contributed by atoms with E-state index >= 15 is 0 Å². The molecule has 0 aliphatic carbocycles. The zero-order valence-corrected chi connectivity index (χ0v) is 12.0. The Hall–Kier alpha value is -1.59. The fourth-order valence-electron chi connectivity index (χ4n) is 2.48. The summed E-state index contributed by atoms with van der Waals surface area (Å²) < 4.78 is 5.34. The summed E-state index contributed by atoms with van der Waals surface area (Å²) in [5, 5.41) is 0. The second kappa shape index (κ2) is 7.26. The fraction of sp³-hybridized carbons (Fsp3) is 0.533. The highest BCUT2D eigenvalue weighted by Crippen LogP contribution is 2.15. The van der Waals surface area contributed by atoms with Crippen molar-refractivity contribution in [2.24, 2.45) is 5.73 Å². The first-order valence-corrected chi connectivity index (χ1v) is 7.06. The molecule has 1 saturated heterocycles. The Morgan fingerprint density at radius 1 is 1.45 bits per heavy atom. The summed E-state index contributed by atoms with van der Waals surface area (Å²) in [6.07, 6.45) is 0.727. The van der Waals surface area contributed by atoms with Crippen molar-refractivity contribution in [3.63, 3.8) is 0 Å². The van der Waals surface area contributed by atoms with Gasteiger partial charge in [0.15, 0.2) is 0 Å². The van der Waals surface area contributed by atoms with Gasteiger partial charge >= 0.3 is 6.09 Å². The number of carbonyl (C=O) groups is 1. The Labute approximate surface area is 120 Å². The van der Waals surface area contributed by atoms with Crippen molar-refractivity contribution in [1.82, 2.24) is 9.80 Å². The molecule has 2 N–H and O–H groups in total. The predicted molar refractivity (Wildman–Crippen MR) is 78.3 cm³/mol. The van der Waals surface area contributed by atoms with Gasteiger partial charge in [-0.15, -0.1) is 0 Å². The number of likely N-dealkylation sites (N-methyl/N-ethyl adjacent to an activating group) is 1. The van der Waals surface area contributed by atoms with E-state index in [1.54, 1.807) is 4.90 Å². The monoisotopic (exact) mass is 277 g/mol. The van der Waals surface area contributed by atoms with Crippen molar-refractivity contribution in [2.75, 3.05) is 33.2 Å². The Morgan fingerprint density at radius 2 is 2.20 bits per heavy atom. The highest BCUT2D eigenvalue weighted by atomic mass is 16.6. The molecule has 0 aromatic heterocycles. The molecule has 5 nitrogen and oxygen atoms in total. The first kappa shape index (κ1) is 14.8. The fourth-order valence-corrected chi connectivity index (χ4v) is 2.48. The maximum atomic E-state index is 12.0. The summed E-state index contributed by atoms with van der Waals surface area (Å²) in [5.74, 6) is 0. The van der Waals surface area contributed by atoms with Crippen LogP contribution < -0.4 is 5.73 Å². The molecule has 1 aliphatic rings. The highest BCUT2D eigenvalue weighted by molar-refractivity contribution is 5.67. The second-order valence-electron chi connectivity index (χ2n) is 5.18. The number of benzene rings is 1. The second-order valence-corrected chi connectivity index (χ2v) is 5.18. The summed E-state index contributed by atoms with van der Waals surface area (Å²) in [7, 11) is 1.81. The SMILES string of the molecule is CN(C(=O)OCc1ccccc1)[C@H]1CCN(CCN)C1. The molecule has 1 atom stereocenters. The van der Waals surface area contributed by atoms with Crippen LogP contribution in [0.25, 0.3) is 0 Å². The average molecular weight is 277 g/mol. The predicted octanol–water partition coefficient (Wildman–Crippen LogP) is 1.29. The van der Waals surface area contributed by atoms with Crippen LogP contribution in [0.1, 0.15) is 12.0 Å². The molecular weight excluding hydrogens is 254 g/mol. The lowest BCUT2D eigenvalue weighted by Gasteiger charge is -2.24. The minimum atomic E-state index is -0.256. The third kappa shape index (κ3) is 3.95. The maximum Gasteiger partial charge on any atom is 0.410 e. The van der Waals surface area contributed by atoms with Crippen LogP contribution in [0.2, 0.25) is 0 Å². The van der Waals surface area contributed by atoms with Gasteiger partial charge < -0.3 is 15.4 Å². The van der Waals surface area contributed by atoms with Gasteiger partial charge in [-0.05, 0) is 12.0 Å². The minimum absolute atomic E-state index is 0.227. The minimum Gasteiger partial charge on any atom is -0.445 e. The Kier molecular flexibility index (Phi) is 5.38. The number of hydrogen-bond donors (Lipinski definition) is 1. The van der Waals surface area contributed by atoms with E-state index < -0.39 is 0 Å². The lowest BCUT2D eigenvalue weighted by Crippen LogP contribution is -2.39. The molecule has 0 radical (unpaired) electrons. The number of nitrogens with two attached hydrogens (primary N) is 1. The number of nitrogens with zero attached hydrogens (tertiary/aromatic N) is 2. The van der Waals surface area contributed by atoms with E-state index in [2.05, 4.69) is 4.90 Å². The van der Waals surface area contributed by atoms with Gasteiger partial charge in [-0.3, -0.25) is 4.90 Å². The number of amides is 1. The first-order chi connectivity index (χ1) is 9.70. The standard InChI is InChI=1S/C15H23N3O2/c1-17(14-7-9-18(11-14)10-8-16)15(19)20-12-13-5-3-2-4-6-13/h2-6,14H,7-12,16H2,1H3/t14-/m0/s1. The summed E-state index contributed by atoms with van der Waals surface area (Å²) in [6, 6.07) is 9.95. The van der Waals surface area contributed by atoms with E-state index in [9.17, 15) is 4.79 Å². The normalized spacial score (nSPS) is 19.0. The topological polar surface area (TPSA) is 58.8 Å². The quantitative estimate of drug-likeness (QED) is 0.881. The van der Waals surface area contributed by atoms with Crippen molar-refractivity contribution < 1.29 is 9.53 Å². The van der Waals surface area contributed by atoms with E-state index in [1.807, 2.05) is 37.4 Å². The van der Waals surface area contributed by atoms with Crippen molar-refractivity contribution in [2.45, 2.75) is 19.1 Å². The van der Waals surface area contributed by atoms with Gasteiger partial charge in [0.25, 0.3) is 0 Å². The number of likely N-dealkylation sites (tertiary alicyclic amines) is 1. The largest absolute Gasteiger partial charge is 0.445 e. The van der Waals surface area contributed by atoms with E-state index in [0.29, 0.717) is 13.2 Å². The molecule has 1 amide bonds. The number of hydrogen-bond acceptors (Lipinski definition) is 4. The van der Waals surface area contributed by atoms with Gasteiger partial charge in [-0.25, -0.2) is 4.79 Å². The summed E-state index contributed by atoms with van der Waals surface area (Å²) in [4.78, 5) is 16.0. The summed E-state index contributed by atoms with van der Waals surface area (Å²) in [5.41, 5.74) is 6.56. The summed E-state index contributed by atoms with van der Waals surface area (Å²) in [6.45, 7) is 3.76. The van der Waals surface area contributed by atoms with Crippen molar-refractivity contribution in [3.05, 3.63) is 35.9 Å². The van der Waals surface area contributed by atoms with Gasteiger partial charge in [0.05, 0.1) is 0 Å². The molecule has 20 heavy (non-hydrogen) atoms. The van der Waals surface area contributed by atoms with E-state index in [1.165, 1.54) is 0 Å².